The minimum atomic E-state index is 0.481. The molecule has 0 amide bonds. The Labute approximate surface area is 191 Å². The van der Waals surface area contributed by atoms with Crippen LogP contribution in [0.25, 0.3) is 0 Å². The number of hydrogen-bond donors (Lipinski definition) is 0. The van der Waals surface area contributed by atoms with Crippen LogP contribution in [0.4, 0.5) is 0 Å². The smallest absolute Gasteiger partial charge is 0.191 e. The first-order valence-electron chi connectivity index (χ1n) is 12.1. The van der Waals surface area contributed by atoms with E-state index in [1.54, 1.807) is 0 Å². The van der Waals surface area contributed by atoms with Crippen LogP contribution in [-0.4, -0.2) is 69.6 Å². The van der Waals surface area contributed by atoms with E-state index in [4.69, 9.17) is 4.42 Å². The van der Waals surface area contributed by atoms with E-state index in [1.807, 2.05) is 18.7 Å². The number of likely N-dealkylation sites (tertiary alicyclic amines) is 2. The predicted molar refractivity (Wildman–Crippen MR) is 127 cm³/mol. The molecule has 2 fully saturated rings. The summed E-state index contributed by atoms with van der Waals surface area (Å²) >= 11 is 1.87. The fourth-order valence-electron chi connectivity index (χ4n) is 4.91. The highest BCUT2D eigenvalue weighted by molar-refractivity contribution is 7.99. The number of piperidine rings is 2. The highest BCUT2D eigenvalue weighted by atomic mass is 32.2. The predicted octanol–water partition coefficient (Wildman–Crippen LogP) is 4.67. The standard InChI is InChI=1S/C24H39N5OS/c1-19(22-8-7-20(2)30-22)9-14-29-15-10-21(11-16-29)23-25-26-24(27(23)3)31-18-17-28-12-5-4-6-13-28/h7-8,19,21H,4-6,9-18H2,1-3H3/t19-/m1/s1. The molecule has 4 rings (SSSR count). The van der Waals surface area contributed by atoms with Gasteiger partial charge in [0.1, 0.15) is 17.3 Å². The van der Waals surface area contributed by atoms with E-state index in [2.05, 4.69) is 50.7 Å². The number of nitrogens with zero attached hydrogens (tertiary/aromatic N) is 5. The number of hydrogen-bond acceptors (Lipinski definition) is 6. The van der Waals surface area contributed by atoms with Crippen molar-refractivity contribution in [1.29, 1.82) is 0 Å². The number of aromatic nitrogens is 3. The van der Waals surface area contributed by atoms with Gasteiger partial charge in [0.15, 0.2) is 5.16 Å². The van der Waals surface area contributed by atoms with Crippen molar-refractivity contribution in [2.75, 3.05) is 45.0 Å². The molecule has 7 heteroatoms. The molecule has 0 aliphatic carbocycles. The molecule has 2 saturated heterocycles. The number of aryl methyl sites for hydroxylation is 1. The van der Waals surface area contributed by atoms with Gasteiger partial charge in [-0.2, -0.15) is 0 Å². The Morgan fingerprint density at radius 1 is 1.03 bits per heavy atom. The largest absolute Gasteiger partial charge is 0.466 e. The van der Waals surface area contributed by atoms with Crippen LogP contribution in [0.5, 0.6) is 0 Å². The third kappa shape index (κ3) is 6.14. The van der Waals surface area contributed by atoms with Gasteiger partial charge in [-0.05, 0) is 83.9 Å². The second-order valence-corrected chi connectivity index (χ2v) is 10.5. The number of rotatable bonds is 9. The third-order valence-corrected chi connectivity index (χ3v) is 8.03. The molecule has 172 valence electrons. The van der Waals surface area contributed by atoms with Gasteiger partial charge in [0, 0.05) is 31.2 Å². The van der Waals surface area contributed by atoms with Crippen LogP contribution < -0.4 is 0 Å². The molecule has 0 aromatic carbocycles. The van der Waals surface area contributed by atoms with Crippen LogP contribution in [0.3, 0.4) is 0 Å². The summed E-state index contributed by atoms with van der Waals surface area (Å²) in [6.45, 7) is 11.4. The van der Waals surface area contributed by atoms with Crippen LogP contribution in [0, 0.1) is 6.92 Å². The van der Waals surface area contributed by atoms with Gasteiger partial charge >= 0.3 is 0 Å². The lowest BCUT2D eigenvalue weighted by Gasteiger charge is -2.31. The van der Waals surface area contributed by atoms with Crippen molar-refractivity contribution in [3.63, 3.8) is 0 Å². The zero-order valence-corrected chi connectivity index (χ0v) is 20.4. The minimum absolute atomic E-state index is 0.481. The van der Waals surface area contributed by atoms with Gasteiger partial charge in [0.25, 0.3) is 0 Å². The Hall–Kier alpha value is -1.31. The maximum atomic E-state index is 5.80. The monoisotopic (exact) mass is 445 g/mol. The first kappa shape index (κ1) is 22.9. The van der Waals surface area contributed by atoms with E-state index < -0.39 is 0 Å². The molecule has 0 radical (unpaired) electrons. The van der Waals surface area contributed by atoms with Crippen molar-refractivity contribution in [2.45, 2.75) is 69.4 Å². The topological polar surface area (TPSA) is 50.3 Å². The normalized spacial score (nSPS) is 20.4. The van der Waals surface area contributed by atoms with Crippen LogP contribution >= 0.6 is 11.8 Å². The first-order chi connectivity index (χ1) is 15.1. The summed E-state index contributed by atoms with van der Waals surface area (Å²) in [7, 11) is 2.15. The summed E-state index contributed by atoms with van der Waals surface area (Å²) in [4.78, 5) is 5.20. The van der Waals surface area contributed by atoms with Gasteiger partial charge in [-0.15, -0.1) is 10.2 Å². The average molecular weight is 446 g/mol. The van der Waals surface area contributed by atoms with Crippen molar-refractivity contribution in [2.24, 2.45) is 7.05 Å². The van der Waals surface area contributed by atoms with Crippen LogP contribution in [-0.2, 0) is 7.05 Å². The number of thioether (sulfide) groups is 1. The first-order valence-corrected chi connectivity index (χ1v) is 13.1. The average Bonchev–Trinajstić information content (AvgIpc) is 3.39. The van der Waals surface area contributed by atoms with E-state index in [0.29, 0.717) is 11.8 Å². The second kappa shape index (κ2) is 11.0. The lowest BCUT2D eigenvalue weighted by molar-refractivity contribution is 0.200. The summed E-state index contributed by atoms with van der Waals surface area (Å²) in [6, 6.07) is 4.20. The van der Waals surface area contributed by atoms with Gasteiger partial charge in [-0.3, -0.25) is 0 Å². The van der Waals surface area contributed by atoms with Crippen molar-refractivity contribution in [3.05, 3.63) is 29.5 Å². The van der Waals surface area contributed by atoms with Gasteiger partial charge in [0.05, 0.1) is 0 Å². The van der Waals surface area contributed by atoms with E-state index in [0.717, 1.165) is 48.5 Å². The molecule has 0 spiro atoms. The Morgan fingerprint density at radius 3 is 2.48 bits per heavy atom. The molecule has 2 aliphatic rings. The van der Waals surface area contributed by atoms with Crippen LogP contribution in [0.2, 0.25) is 0 Å². The third-order valence-electron chi connectivity index (χ3n) is 7.03. The van der Waals surface area contributed by atoms with Gasteiger partial charge < -0.3 is 18.8 Å². The van der Waals surface area contributed by atoms with E-state index in [1.165, 1.54) is 57.6 Å². The molecular formula is C24H39N5OS. The molecule has 2 aromatic heterocycles. The van der Waals surface area contributed by atoms with Crippen molar-refractivity contribution >= 4 is 11.8 Å². The summed E-state index contributed by atoms with van der Waals surface area (Å²) in [6.07, 6.45) is 7.63. The van der Waals surface area contributed by atoms with E-state index in [9.17, 15) is 0 Å². The fourth-order valence-corrected chi connectivity index (χ4v) is 5.83. The van der Waals surface area contributed by atoms with Gasteiger partial charge in [-0.25, -0.2) is 0 Å². The summed E-state index contributed by atoms with van der Waals surface area (Å²) < 4.78 is 8.05. The molecular weight excluding hydrogens is 406 g/mol. The minimum Gasteiger partial charge on any atom is -0.466 e. The molecule has 0 unspecified atom stereocenters. The molecule has 31 heavy (non-hydrogen) atoms. The molecule has 0 N–H and O–H groups in total. The zero-order valence-electron chi connectivity index (χ0n) is 19.6. The van der Waals surface area contributed by atoms with Crippen molar-refractivity contribution < 1.29 is 4.42 Å². The molecule has 0 bridgehead atoms. The van der Waals surface area contributed by atoms with Gasteiger partial charge in [-0.1, -0.05) is 25.1 Å². The van der Waals surface area contributed by atoms with Crippen molar-refractivity contribution in [1.82, 2.24) is 24.6 Å². The van der Waals surface area contributed by atoms with Crippen LogP contribution in [0.1, 0.15) is 74.6 Å². The lowest BCUT2D eigenvalue weighted by Crippen LogP contribution is -2.34. The SMILES string of the molecule is Cc1ccc([C@H](C)CCN2CCC(c3nnc(SCCN4CCCCC4)n3C)CC2)o1. The highest BCUT2D eigenvalue weighted by Gasteiger charge is 2.25. The lowest BCUT2D eigenvalue weighted by atomic mass is 9.95. The zero-order chi connectivity index (χ0) is 21.6. The number of furan rings is 1. The molecule has 0 saturated carbocycles. The Bertz CT molecular complexity index is 805. The molecule has 2 aliphatic heterocycles. The molecule has 1 atom stereocenters. The Kier molecular flexibility index (Phi) is 8.13. The quantitative estimate of drug-likeness (QED) is 0.523. The summed E-state index contributed by atoms with van der Waals surface area (Å²) in [5, 5.41) is 10.2. The highest BCUT2D eigenvalue weighted by Crippen LogP contribution is 2.30. The Morgan fingerprint density at radius 2 is 1.77 bits per heavy atom. The fraction of sp³-hybridized carbons (Fsp3) is 0.750. The van der Waals surface area contributed by atoms with Crippen molar-refractivity contribution in [3.8, 4) is 0 Å². The molecule has 2 aromatic rings. The molecule has 6 nitrogen and oxygen atoms in total. The maximum Gasteiger partial charge on any atom is 0.191 e. The van der Waals surface area contributed by atoms with Crippen LogP contribution in [0.15, 0.2) is 21.7 Å². The molecule has 4 heterocycles. The second-order valence-electron chi connectivity index (χ2n) is 9.40. The van der Waals surface area contributed by atoms with E-state index in [-0.39, 0.29) is 0 Å². The maximum absolute atomic E-state index is 5.80. The van der Waals surface area contributed by atoms with E-state index >= 15 is 0 Å². The summed E-state index contributed by atoms with van der Waals surface area (Å²) in [5.41, 5.74) is 0. The summed E-state index contributed by atoms with van der Waals surface area (Å²) in [5.74, 6) is 5.44. The van der Waals surface area contributed by atoms with Gasteiger partial charge in [0.2, 0.25) is 0 Å². The Balaban J connectivity index is 1.19.